The van der Waals surface area contributed by atoms with Crippen molar-refractivity contribution in [2.45, 2.75) is 103 Å². The van der Waals surface area contributed by atoms with Crippen LogP contribution in [0.25, 0.3) is 10.8 Å². The summed E-state index contributed by atoms with van der Waals surface area (Å²) in [5.74, 6) is -0.0478. The second kappa shape index (κ2) is 15.2. The summed E-state index contributed by atoms with van der Waals surface area (Å²) in [5.41, 5.74) is 2.21. The molecule has 7 nitrogen and oxygen atoms in total. The van der Waals surface area contributed by atoms with E-state index in [1.165, 1.54) is 16.3 Å². The summed E-state index contributed by atoms with van der Waals surface area (Å²) in [5, 5.41) is 13.9. The minimum absolute atomic E-state index is 0.0508. The third-order valence-electron chi connectivity index (χ3n) is 10.4. The predicted molar refractivity (Wildman–Crippen MR) is 196 cm³/mol. The molecule has 48 heavy (non-hydrogen) atoms. The van der Waals surface area contributed by atoms with Crippen molar-refractivity contribution in [2.75, 3.05) is 19.8 Å². The Morgan fingerprint density at radius 2 is 1.62 bits per heavy atom. The maximum absolute atomic E-state index is 14.6. The van der Waals surface area contributed by atoms with Crippen LogP contribution >= 0.6 is 0 Å². The van der Waals surface area contributed by atoms with Crippen molar-refractivity contribution in [3.8, 4) is 11.6 Å². The zero-order valence-corrected chi connectivity index (χ0v) is 30.7. The highest BCUT2D eigenvalue weighted by molar-refractivity contribution is 6.74. The number of unbranched alkanes of at least 4 members (excludes halogenated alkanes) is 1. The lowest BCUT2D eigenvalue weighted by molar-refractivity contribution is 0.0698. The normalized spacial score (nSPS) is 14.7. The molecule has 0 atom stereocenters. The van der Waals surface area contributed by atoms with Crippen LogP contribution in [0.1, 0.15) is 93.7 Å². The monoisotopic (exact) mass is 667 g/mol. The molecule has 1 aromatic heterocycles. The van der Waals surface area contributed by atoms with Gasteiger partial charge < -0.3 is 19.2 Å². The minimum Gasteiger partial charge on any atom is -0.491 e. The maximum Gasteiger partial charge on any atom is 0.276 e. The van der Waals surface area contributed by atoms with E-state index >= 15 is 0 Å². The first-order valence-corrected chi connectivity index (χ1v) is 20.5. The van der Waals surface area contributed by atoms with Crippen molar-refractivity contribution < 1.29 is 19.1 Å². The van der Waals surface area contributed by atoms with E-state index in [1.807, 2.05) is 30.3 Å². The Hall–Kier alpha value is -3.75. The van der Waals surface area contributed by atoms with Crippen LogP contribution in [0.4, 0.5) is 0 Å². The smallest absolute Gasteiger partial charge is 0.276 e. The van der Waals surface area contributed by atoms with Crippen LogP contribution < -0.4 is 4.74 Å². The molecule has 3 aromatic carbocycles. The number of ether oxygens (including phenoxy) is 1. The van der Waals surface area contributed by atoms with Gasteiger partial charge in [0.1, 0.15) is 5.82 Å². The second-order valence-electron chi connectivity index (χ2n) is 14.9. The summed E-state index contributed by atoms with van der Waals surface area (Å²) in [4.78, 5) is 26.0. The molecule has 1 N–H and O–H groups in total. The number of amides is 1. The SMILES string of the molecule is CCCCOc1c(O)nc(CC2(c3cccc4ccccc34)CCCC2)nc1C(=O)N(CCO[Si](C)(C)C(C)(C)C)Cc1ccccc1. The van der Waals surface area contributed by atoms with Gasteiger partial charge in [-0.1, -0.05) is 120 Å². The topological polar surface area (TPSA) is 84.8 Å². The van der Waals surface area contributed by atoms with Crippen molar-refractivity contribution in [3.05, 3.63) is 95.4 Å². The van der Waals surface area contributed by atoms with E-state index in [1.54, 1.807) is 4.90 Å². The number of aromatic nitrogens is 2. The highest BCUT2D eigenvalue weighted by atomic mass is 28.4. The lowest BCUT2D eigenvalue weighted by Gasteiger charge is -2.37. The number of benzene rings is 3. The minimum atomic E-state index is -2.04. The Kier molecular flexibility index (Phi) is 11.3. The standard InChI is InChI=1S/C40H53N3O4Si/c1-7-8-26-46-36-35(38(45)43(29-30-17-10-9-11-18-30)25-27-47-48(5,6)39(2,3)4)41-34(42-37(36)44)28-40(23-14-15-24-40)33-22-16-20-31-19-12-13-21-32(31)33/h9-13,16-22H,7-8,14-15,23-29H2,1-6H3,(H,41,42,44). The van der Waals surface area contributed by atoms with E-state index in [9.17, 15) is 9.90 Å². The summed E-state index contributed by atoms with van der Waals surface area (Å²) in [6, 6.07) is 25.0. The largest absolute Gasteiger partial charge is 0.491 e. The number of carbonyl (C=O) groups is 1. The third-order valence-corrected chi connectivity index (χ3v) is 14.9. The quantitative estimate of drug-likeness (QED) is 0.107. The predicted octanol–water partition coefficient (Wildman–Crippen LogP) is 9.23. The molecule has 8 heteroatoms. The molecule has 1 saturated carbocycles. The lowest BCUT2D eigenvalue weighted by Crippen LogP contribution is -2.43. The molecule has 1 fully saturated rings. The van der Waals surface area contributed by atoms with Crippen LogP contribution in [-0.4, -0.2) is 54.0 Å². The van der Waals surface area contributed by atoms with E-state index in [4.69, 9.17) is 14.1 Å². The van der Waals surface area contributed by atoms with Crippen LogP contribution in [0.5, 0.6) is 11.6 Å². The first kappa shape index (κ1) is 35.6. The zero-order chi connectivity index (χ0) is 34.4. The summed E-state index contributed by atoms with van der Waals surface area (Å²) >= 11 is 0. The van der Waals surface area contributed by atoms with Crippen molar-refractivity contribution in [3.63, 3.8) is 0 Å². The Balaban J connectivity index is 1.52. The summed E-state index contributed by atoms with van der Waals surface area (Å²) in [6.45, 7) is 14.7. The molecular weight excluding hydrogens is 615 g/mol. The first-order chi connectivity index (χ1) is 22.9. The Bertz CT molecular complexity index is 1670. The second-order valence-corrected chi connectivity index (χ2v) is 19.7. The average molecular weight is 668 g/mol. The molecule has 1 heterocycles. The molecule has 0 spiro atoms. The Labute approximate surface area is 287 Å². The van der Waals surface area contributed by atoms with E-state index in [0.717, 1.165) is 44.1 Å². The van der Waals surface area contributed by atoms with Crippen molar-refractivity contribution in [1.29, 1.82) is 0 Å². The van der Waals surface area contributed by atoms with Crippen molar-refractivity contribution >= 4 is 25.0 Å². The van der Waals surface area contributed by atoms with E-state index in [2.05, 4.69) is 88.2 Å². The van der Waals surface area contributed by atoms with Crippen molar-refractivity contribution in [1.82, 2.24) is 14.9 Å². The van der Waals surface area contributed by atoms with Crippen LogP contribution in [0, 0.1) is 0 Å². The van der Waals surface area contributed by atoms with Gasteiger partial charge in [0, 0.05) is 24.9 Å². The molecule has 0 bridgehead atoms. The molecule has 0 unspecified atom stereocenters. The van der Waals surface area contributed by atoms with Gasteiger partial charge >= 0.3 is 0 Å². The number of hydrogen-bond acceptors (Lipinski definition) is 6. The summed E-state index contributed by atoms with van der Waals surface area (Å²) < 4.78 is 12.6. The molecule has 256 valence electrons. The molecule has 0 saturated heterocycles. The van der Waals surface area contributed by atoms with Gasteiger partial charge in [0.05, 0.1) is 13.2 Å². The fourth-order valence-corrected chi connectivity index (χ4v) is 7.61. The molecule has 4 aromatic rings. The summed E-state index contributed by atoms with van der Waals surface area (Å²) in [7, 11) is -2.04. The van der Waals surface area contributed by atoms with Gasteiger partial charge in [-0.15, -0.1) is 0 Å². The highest BCUT2D eigenvalue weighted by Crippen LogP contribution is 2.46. The zero-order valence-electron chi connectivity index (χ0n) is 29.7. The van der Waals surface area contributed by atoms with Gasteiger partial charge in [-0.3, -0.25) is 4.79 Å². The average Bonchev–Trinajstić information content (AvgIpc) is 3.53. The molecule has 1 aliphatic rings. The van der Waals surface area contributed by atoms with Crippen LogP contribution in [0.15, 0.2) is 72.8 Å². The number of carbonyl (C=O) groups excluding carboxylic acids is 1. The fourth-order valence-electron chi connectivity index (χ4n) is 6.58. The number of aromatic hydroxyl groups is 1. The lowest BCUT2D eigenvalue weighted by atomic mass is 9.74. The number of rotatable bonds is 14. The van der Waals surface area contributed by atoms with Crippen molar-refractivity contribution in [2.24, 2.45) is 0 Å². The van der Waals surface area contributed by atoms with Crippen LogP contribution in [0.2, 0.25) is 18.1 Å². The van der Waals surface area contributed by atoms with Gasteiger partial charge in [-0.25, -0.2) is 4.98 Å². The van der Waals surface area contributed by atoms with E-state index in [0.29, 0.717) is 38.5 Å². The number of hydrogen-bond donors (Lipinski definition) is 1. The molecule has 0 radical (unpaired) electrons. The maximum atomic E-state index is 14.6. The Morgan fingerprint density at radius 3 is 2.33 bits per heavy atom. The number of fused-ring (bicyclic) bond motifs is 1. The van der Waals surface area contributed by atoms with E-state index < -0.39 is 8.32 Å². The number of nitrogens with zero attached hydrogens (tertiary/aromatic N) is 3. The van der Waals surface area contributed by atoms with Gasteiger partial charge in [0.2, 0.25) is 5.75 Å². The van der Waals surface area contributed by atoms with Gasteiger partial charge in [0.25, 0.3) is 11.8 Å². The van der Waals surface area contributed by atoms with Gasteiger partial charge in [-0.05, 0) is 59.3 Å². The van der Waals surface area contributed by atoms with Gasteiger partial charge in [0.15, 0.2) is 14.0 Å². The third kappa shape index (κ3) is 8.09. The van der Waals surface area contributed by atoms with E-state index in [-0.39, 0.29) is 33.7 Å². The molecule has 1 amide bonds. The van der Waals surface area contributed by atoms with Crippen LogP contribution in [-0.2, 0) is 22.8 Å². The highest BCUT2D eigenvalue weighted by Gasteiger charge is 2.39. The first-order valence-electron chi connectivity index (χ1n) is 17.6. The molecule has 0 aliphatic heterocycles. The Morgan fingerprint density at radius 1 is 0.938 bits per heavy atom. The summed E-state index contributed by atoms with van der Waals surface area (Å²) in [6.07, 6.45) is 6.44. The molecule has 1 aliphatic carbocycles. The van der Waals surface area contributed by atoms with Crippen LogP contribution in [0.3, 0.4) is 0 Å². The fraction of sp³-hybridized carbons (Fsp3) is 0.475. The molecule has 5 rings (SSSR count). The molecular formula is C40H53N3O4Si. The van der Waals surface area contributed by atoms with Gasteiger partial charge in [-0.2, -0.15) is 4.98 Å².